The van der Waals surface area contributed by atoms with Crippen molar-refractivity contribution in [3.8, 4) is 23.3 Å². The van der Waals surface area contributed by atoms with Gasteiger partial charge in [0.2, 0.25) is 0 Å². The number of benzene rings is 2. The zero-order chi connectivity index (χ0) is 15.2. The fourth-order valence-electron chi connectivity index (χ4n) is 2.24. The van der Waals surface area contributed by atoms with E-state index in [-0.39, 0.29) is 0 Å². The SMILES string of the molecule is COc1cc2ccc(OC)c(OC)c2cc1/C=C/CC#N. The van der Waals surface area contributed by atoms with Gasteiger partial charge in [-0.2, -0.15) is 5.26 Å². The maximum absolute atomic E-state index is 8.62. The van der Waals surface area contributed by atoms with E-state index in [1.54, 1.807) is 27.4 Å². The van der Waals surface area contributed by atoms with E-state index in [1.165, 1.54) is 0 Å². The van der Waals surface area contributed by atoms with Crippen molar-refractivity contribution in [3.05, 3.63) is 35.9 Å². The maximum Gasteiger partial charge on any atom is 0.168 e. The Kier molecular flexibility index (Phi) is 4.68. The predicted octanol–water partition coefficient (Wildman–Crippen LogP) is 3.79. The molecule has 0 fully saturated rings. The second-order valence-corrected chi connectivity index (χ2v) is 4.38. The van der Waals surface area contributed by atoms with Crippen LogP contribution >= 0.6 is 0 Å². The molecule has 0 saturated heterocycles. The predicted molar refractivity (Wildman–Crippen MR) is 82.9 cm³/mol. The molecule has 0 spiro atoms. The summed E-state index contributed by atoms with van der Waals surface area (Å²) in [7, 11) is 4.86. The molecule has 0 aromatic heterocycles. The second-order valence-electron chi connectivity index (χ2n) is 4.38. The van der Waals surface area contributed by atoms with Gasteiger partial charge in [-0.1, -0.05) is 18.2 Å². The summed E-state index contributed by atoms with van der Waals surface area (Å²) < 4.78 is 16.2. The Balaban J connectivity index is 2.66. The second kappa shape index (κ2) is 6.67. The molecule has 0 unspecified atom stereocenters. The van der Waals surface area contributed by atoms with Crippen LogP contribution in [-0.4, -0.2) is 21.3 Å². The summed E-state index contributed by atoms with van der Waals surface area (Å²) in [6, 6.07) is 9.83. The van der Waals surface area contributed by atoms with Gasteiger partial charge in [-0.3, -0.25) is 0 Å². The average Bonchev–Trinajstić information content (AvgIpc) is 2.53. The standard InChI is InChI=1S/C17H17NO3/c1-19-15-8-7-12-11-16(20-2)13(6-4-5-9-18)10-14(12)17(15)21-3/h4,6-8,10-11H,5H2,1-3H3/b6-4+. The summed E-state index contributed by atoms with van der Waals surface area (Å²) in [4.78, 5) is 0. The number of allylic oxidation sites excluding steroid dienone is 1. The summed E-state index contributed by atoms with van der Waals surface area (Å²) >= 11 is 0. The summed E-state index contributed by atoms with van der Waals surface area (Å²) in [6.07, 6.45) is 4.03. The van der Waals surface area contributed by atoms with E-state index in [0.717, 1.165) is 22.1 Å². The Morgan fingerprint density at radius 3 is 2.43 bits per heavy atom. The average molecular weight is 283 g/mol. The third kappa shape index (κ3) is 2.92. The van der Waals surface area contributed by atoms with Crippen LogP contribution in [0, 0.1) is 11.3 Å². The number of nitriles is 1. The van der Waals surface area contributed by atoms with Gasteiger partial charge in [0.15, 0.2) is 11.5 Å². The minimum atomic E-state index is 0.358. The molecule has 0 heterocycles. The Morgan fingerprint density at radius 2 is 1.81 bits per heavy atom. The number of hydrogen-bond acceptors (Lipinski definition) is 4. The first-order valence-corrected chi connectivity index (χ1v) is 6.51. The number of rotatable bonds is 5. The van der Waals surface area contributed by atoms with E-state index in [9.17, 15) is 0 Å². The van der Waals surface area contributed by atoms with Crippen LogP contribution in [0.3, 0.4) is 0 Å². The van der Waals surface area contributed by atoms with Crippen molar-refractivity contribution in [2.24, 2.45) is 0 Å². The molecule has 2 aromatic carbocycles. The largest absolute Gasteiger partial charge is 0.496 e. The molecule has 2 aromatic rings. The van der Waals surface area contributed by atoms with E-state index >= 15 is 0 Å². The molecular formula is C17H17NO3. The molecule has 0 atom stereocenters. The van der Waals surface area contributed by atoms with Crippen LogP contribution in [0.2, 0.25) is 0 Å². The fourth-order valence-corrected chi connectivity index (χ4v) is 2.24. The minimum Gasteiger partial charge on any atom is -0.496 e. The monoisotopic (exact) mass is 283 g/mol. The number of hydrogen-bond donors (Lipinski definition) is 0. The van der Waals surface area contributed by atoms with E-state index in [0.29, 0.717) is 17.9 Å². The number of fused-ring (bicyclic) bond motifs is 1. The van der Waals surface area contributed by atoms with E-state index in [1.807, 2.05) is 30.3 Å². The van der Waals surface area contributed by atoms with Gasteiger partial charge in [-0.15, -0.1) is 0 Å². The maximum atomic E-state index is 8.62. The fraction of sp³-hybridized carbons (Fsp3) is 0.235. The van der Waals surface area contributed by atoms with Crippen molar-refractivity contribution < 1.29 is 14.2 Å². The zero-order valence-electron chi connectivity index (χ0n) is 12.3. The molecule has 0 aliphatic rings. The summed E-state index contributed by atoms with van der Waals surface area (Å²) in [5, 5.41) is 10.6. The lowest BCUT2D eigenvalue weighted by molar-refractivity contribution is 0.358. The lowest BCUT2D eigenvalue weighted by atomic mass is 10.0. The molecule has 0 bridgehead atoms. The first kappa shape index (κ1) is 14.7. The topological polar surface area (TPSA) is 51.5 Å². The first-order valence-electron chi connectivity index (χ1n) is 6.51. The molecule has 21 heavy (non-hydrogen) atoms. The van der Waals surface area contributed by atoms with Gasteiger partial charge in [0.25, 0.3) is 0 Å². The number of nitrogens with zero attached hydrogens (tertiary/aromatic N) is 1. The smallest absolute Gasteiger partial charge is 0.168 e. The Labute approximate surface area is 124 Å². The highest BCUT2D eigenvalue weighted by Crippen LogP contribution is 2.38. The summed E-state index contributed by atoms with van der Waals surface area (Å²) in [6.45, 7) is 0. The normalized spacial score (nSPS) is 10.6. The van der Waals surface area contributed by atoms with Crippen LogP contribution in [0.1, 0.15) is 12.0 Å². The van der Waals surface area contributed by atoms with Crippen molar-refractivity contribution in [3.63, 3.8) is 0 Å². The van der Waals surface area contributed by atoms with E-state index < -0.39 is 0 Å². The van der Waals surface area contributed by atoms with Gasteiger partial charge in [-0.05, 0) is 23.6 Å². The first-order chi connectivity index (χ1) is 10.2. The molecule has 4 heteroatoms. The highest BCUT2D eigenvalue weighted by molar-refractivity contribution is 5.94. The van der Waals surface area contributed by atoms with Crippen LogP contribution in [0.25, 0.3) is 16.8 Å². The molecular weight excluding hydrogens is 266 g/mol. The van der Waals surface area contributed by atoms with Crippen LogP contribution < -0.4 is 14.2 Å². The van der Waals surface area contributed by atoms with Crippen LogP contribution in [0.15, 0.2) is 30.3 Å². The quantitative estimate of drug-likeness (QED) is 0.837. The molecule has 0 aliphatic heterocycles. The number of methoxy groups -OCH3 is 3. The summed E-state index contributed by atoms with van der Waals surface area (Å²) in [5.41, 5.74) is 0.895. The van der Waals surface area contributed by atoms with Gasteiger partial charge in [0, 0.05) is 10.9 Å². The molecule has 0 radical (unpaired) electrons. The lowest BCUT2D eigenvalue weighted by Crippen LogP contribution is -1.93. The van der Waals surface area contributed by atoms with E-state index in [2.05, 4.69) is 6.07 Å². The molecule has 108 valence electrons. The van der Waals surface area contributed by atoms with Crippen LogP contribution in [0.4, 0.5) is 0 Å². The molecule has 0 amide bonds. The highest BCUT2D eigenvalue weighted by Gasteiger charge is 2.11. The van der Waals surface area contributed by atoms with Gasteiger partial charge in [0.05, 0.1) is 33.8 Å². The van der Waals surface area contributed by atoms with Crippen molar-refractivity contribution in [2.45, 2.75) is 6.42 Å². The van der Waals surface area contributed by atoms with Crippen molar-refractivity contribution in [1.82, 2.24) is 0 Å². The molecule has 2 rings (SSSR count). The van der Waals surface area contributed by atoms with E-state index in [4.69, 9.17) is 19.5 Å². The van der Waals surface area contributed by atoms with Crippen LogP contribution in [0.5, 0.6) is 17.2 Å². The Morgan fingerprint density at radius 1 is 1.05 bits per heavy atom. The Hall–Kier alpha value is -2.67. The highest BCUT2D eigenvalue weighted by atomic mass is 16.5. The number of ether oxygens (including phenoxy) is 3. The van der Waals surface area contributed by atoms with Crippen molar-refractivity contribution in [2.75, 3.05) is 21.3 Å². The third-order valence-corrected chi connectivity index (χ3v) is 3.22. The van der Waals surface area contributed by atoms with Gasteiger partial charge >= 0.3 is 0 Å². The van der Waals surface area contributed by atoms with Gasteiger partial charge in [-0.25, -0.2) is 0 Å². The molecule has 0 saturated carbocycles. The van der Waals surface area contributed by atoms with Crippen molar-refractivity contribution >= 4 is 16.8 Å². The van der Waals surface area contributed by atoms with Crippen molar-refractivity contribution in [1.29, 1.82) is 5.26 Å². The molecule has 0 aliphatic carbocycles. The zero-order valence-corrected chi connectivity index (χ0v) is 12.3. The van der Waals surface area contributed by atoms with Gasteiger partial charge < -0.3 is 14.2 Å². The molecule has 4 nitrogen and oxygen atoms in total. The minimum absolute atomic E-state index is 0.358. The van der Waals surface area contributed by atoms with Gasteiger partial charge in [0.1, 0.15) is 5.75 Å². The third-order valence-electron chi connectivity index (χ3n) is 3.22. The summed E-state index contributed by atoms with van der Waals surface area (Å²) in [5.74, 6) is 2.12. The van der Waals surface area contributed by atoms with Crippen LogP contribution in [-0.2, 0) is 0 Å². The Bertz CT molecular complexity index is 714. The lowest BCUT2D eigenvalue weighted by Gasteiger charge is -2.13. The molecule has 0 N–H and O–H groups in total.